The van der Waals surface area contributed by atoms with Gasteiger partial charge in [0.15, 0.2) is 0 Å². The van der Waals surface area contributed by atoms with Gasteiger partial charge in [-0.25, -0.2) is 4.68 Å². The van der Waals surface area contributed by atoms with E-state index in [9.17, 15) is 9.59 Å². The number of piperidine rings is 1. The molecular formula is C18H22N4O2S. The summed E-state index contributed by atoms with van der Waals surface area (Å²) in [7, 11) is 0. The Kier molecular flexibility index (Phi) is 3.91. The number of hydrogen-bond donors (Lipinski definition) is 0. The maximum absolute atomic E-state index is 12.8. The lowest BCUT2D eigenvalue weighted by molar-refractivity contribution is -0.133. The van der Waals surface area contributed by atoms with Gasteiger partial charge in [0, 0.05) is 18.0 Å². The molecule has 0 aromatic carbocycles. The first-order chi connectivity index (χ1) is 11.9. The molecular weight excluding hydrogens is 336 g/mol. The van der Waals surface area contributed by atoms with Crippen LogP contribution in [0, 0.1) is 19.8 Å². The minimum absolute atomic E-state index is 0.0163. The Balaban J connectivity index is 1.69. The number of carbonyl (C=O) groups excluding carboxylic acids is 1. The van der Waals surface area contributed by atoms with Crippen molar-refractivity contribution in [3.63, 3.8) is 0 Å². The summed E-state index contributed by atoms with van der Waals surface area (Å²) in [5.41, 5.74) is 1.40. The number of aryl methyl sites for hydroxylation is 2. The minimum atomic E-state index is -0.203. The van der Waals surface area contributed by atoms with Gasteiger partial charge >= 0.3 is 0 Å². The first-order valence-corrected chi connectivity index (χ1v) is 9.53. The first-order valence-electron chi connectivity index (χ1n) is 8.71. The fourth-order valence-corrected chi connectivity index (χ4v) is 4.55. The van der Waals surface area contributed by atoms with Crippen molar-refractivity contribution in [2.24, 2.45) is 5.92 Å². The van der Waals surface area contributed by atoms with Crippen molar-refractivity contribution in [3.05, 3.63) is 33.2 Å². The smallest absolute Gasteiger partial charge is 0.291 e. The molecule has 25 heavy (non-hydrogen) atoms. The maximum atomic E-state index is 12.8. The van der Waals surface area contributed by atoms with E-state index in [-0.39, 0.29) is 18.0 Å². The van der Waals surface area contributed by atoms with Crippen LogP contribution in [-0.4, -0.2) is 38.1 Å². The molecule has 3 aromatic heterocycles. The van der Waals surface area contributed by atoms with Gasteiger partial charge in [-0.3, -0.25) is 14.0 Å². The third-order valence-electron chi connectivity index (χ3n) is 5.08. The maximum Gasteiger partial charge on any atom is 0.291 e. The van der Waals surface area contributed by atoms with Gasteiger partial charge in [0.2, 0.25) is 5.91 Å². The number of aromatic nitrogens is 3. The monoisotopic (exact) mass is 358 g/mol. The predicted octanol–water partition coefficient (Wildman–Crippen LogP) is 2.59. The van der Waals surface area contributed by atoms with E-state index < -0.39 is 0 Å². The van der Waals surface area contributed by atoms with Crippen LogP contribution in [0.4, 0.5) is 0 Å². The number of thiophene rings is 1. The molecule has 0 saturated carbocycles. The molecule has 0 spiro atoms. The van der Waals surface area contributed by atoms with E-state index in [1.165, 1.54) is 9.56 Å². The predicted molar refractivity (Wildman–Crippen MR) is 99.3 cm³/mol. The van der Waals surface area contributed by atoms with Gasteiger partial charge in [0.25, 0.3) is 5.56 Å². The van der Waals surface area contributed by atoms with E-state index in [1.54, 1.807) is 11.3 Å². The highest BCUT2D eigenvalue weighted by molar-refractivity contribution is 7.19. The van der Waals surface area contributed by atoms with Gasteiger partial charge in [-0.1, -0.05) is 6.92 Å². The van der Waals surface area contributed by atoms with Crippen molar-refractivity contribution in [3.8, 4) is 0 Å². The van der Waals surface area contributed by atoms with E-state index >= 15 is 0 Å². The lowest BCUT2D eigenvalue weighted by atomic mass is 9.99. The molecule has 0 aliphatic carbocycles. The summed E-state index contributed by atoms with van der Waals surface area (Å²) in [6.07, 6.45) is 2.06. The fraction of sp³-hybridized carbons (Fsp3) is 0.500. The van der Waals surface area contributed by atoms with E-state index in [1.807, 2.05) is 22.3 Å². The van der Waals surface area contributed by atoms with Crippen molar-refractivity contribution < 1.29 is 4.79 Å². The fourth-order valence-electron chi connectivity index (χ4n) is 3.61. The minimum Gasteiger partial charge on any atom is -0.341 e. The Morgan fingerprint density at radius 1 is 1.24 bits per heavy atom. The molecule has 0 bridgehead atoms. The van der Waals surface area contributed by atoms with Crippen molar-refractivity contribution in [2.45, 2.75) is 40.2 Å². The number of rotatable bonds is 2. The molecule has 1 amide bonds. The van der Waals surface area contributed by atoms with Crippen LogP contribution in [0.15, 0.2) is 16.9 Å². The second-order valence-electron chi connectivity index (χ2n) is 7.04. The second-order valence-corrected chi connectivity index (χ2v) is 8.33. The molecule has 3 aromatic rings. The Bertz CT molecular complexity index is 1020. The van der Waals surface area contributed by atoms with E-state index in [0.717, 1.165) is 42.0 Å². The largest absolute Gasteiger partial charge is 0.341 e. The summed E-state index contributed by atoms with van der Waals surface area (Å²) < 4.78 is 4.29. The molecule has 4 heterocycles. The Hall–Kier alpha value is -2.15. The van der Waals surface area contributed by atoms with Gasteiger partial charge in [-0.05, 0) is 44.7 Å². The number of amides is 1. The average molecular weight is 358 g/mol. The molecule has 7 heteroatoms. The molecule has 6 nitrogen and oxygen atoms in total. The molecule has 0 radical (unpaired) electrons. The van der Waals surface area contributed by atoms with Crippen LogP contribution in [0.3, 0.4) is 0 Å². The van der Waals surface area contributed by atoms with E-state index in [0.29, 0.717) is 11.4 Å². The normalized spacial score (nSPS) is 16.2. The zero-order valence-corrected chi connectivity index (χ0v) is 15.6. The topological polar surface area (TPSA) is 59.6 Å². The molecule has 1 aliphatic rings. The number of nitrogens with zero attached hydrogens (tertiary/aromatic N) is 4. The van der Waals surface area contributed by atoms with E-state index in [2.05, 4.69) is 25.0 Å². The van der Waals surface area contributed by atoms with Gasteiger partial charge < -0.3 is 4.90 Å². The van der Waals surface area contributed by atoms with Gasteiger partial charge in [-0.2, -0.15) is 5.10 Å². The molecule has 1 fully saturated rings. The highest BCUT2D eigenvalue weighted by Crippen LogP contribution is 2.28. The van der Waals surface area contributed by atoms with Crippen molar-refractivity contribution >= 4 is 33.0 Å². The first kappa shape index (κ1) is 16.3. The van der Waals surface area contributed by atoms with Crippen LogP contribution >= 0.6 is 11.3 Å². The van der Waals surface area contributed by atoms with Crippen LogP contribution in [-0.2, 0) is 11.3 Å². The molecule has 4 rings (SSSR count). The summed E-state index contributed by atoms with van der Waals surface area (Å²) in [6.45, 7) is 7.71. The molecule has 132 valence electrons. The van der Waals surface area contributed by atoms with Crippen LogP contribution < -0.4 is 5.56 Å². The zero-order valence-electron chi connectivity index (χ0n) is 14.8. The highest BCUT2D eigenvalue weighted by Gasteiger charge is 2.22. The van der Waals surface area contributed by atoms with Crippen molar-refractivity contribution in [1.82, 2.24) is 19.1 Å². The third-order valence-corrected chi connectivity index (χ3v) is 6.06. The lowest BCUT2D eigenvalue weighted by Crippen LogP contribution is -2.42. The Morgan fingerprint density at radius 3 is 2.68 bits per heavy atom. The second kappa shape index (κ2) is 5.98. The summed E-state index contributed by atoms with van der Waals surface area (Å²) in [5.74, 6) is 1.37. The number of likely N-dealkylation sites (tertiary alicyclic amines) is 1. The van der Waals surface area contributed by atoms with Crippen LogP contribution in [0.25, 0.3) is 15.7 Å². The Morgan fingerprint density at radius 2 is 1.96 bits per heavy atom. The quantitative estimate of drug-likeness (QED) is 0.707. The summed E-state index contributed by atoms with van der Waals surface area (Å²) >= 11 is 1.67. The van der Waals surface area contributed by atoms with Crippen LogP contribution in [0.5, 0.6) is 0 Å². The number of carbonyl (C=O) groups is 1. The summed E-state index contributed by atoms with van der Waals surface area (Å²) in [4.78, 5) is 28.4. The van der Waals surface area contributed by atoms with Crippen molar-refractivity contribution in [2.75, 3.05) is 13.1 Å². The molecule has 0 unspecified atom stereocenters. The Labute approximate surface area is 149 Å². The van der Waals surface area contributed by atoms with E-state index in [4.69, 9.17) is 0 Å². The van der Waals surface area contributed by atoms with Crippen LogP contribution in [0.2, 0.25) is 0 Å². The molecule has 0 N–H and O–H groups in total. The molecule has 0 atom stereocenters. The lowest BCUT2D eigenvalue weighted by Gasteiger charge is -2.30. The van der Waals surface area contributed by atoms with Crippen LogP contribution in [0.1, 0.15) is 30.5 Å². The van der Waals surface area contributed by atoms with Crippen molar-refractivity contribution in [1.29, 1.82) is 0 Å². The number of fused-ring (bicyclic) bond motifs is 3. The summed E-state index contributed by atoms with van der Waals surface area (Å²) in [5, 5.41) is 4.41. The SMILES string of the molecule is Cc1cc2c(cc3c(=O)n(CC(=O)N4CCC(C)CC4)nc(C)n32)s1. The van der Waals surface area contributed by atoms with Gasteiger partial charge in [0.05, 0.1) is 10.2 Å². The van der Waals surface area contributed by atoms with Gasteiger partial charge in [-0.15, -0.1) is 11.3 Å². The number of hydrogen-bond acceptors (Lipinski definition) is 4. The van der Waals surface area contributed by atoms with Gasteiger partial charge in [0.1, 0.15) is 17.9 Å². The third kappa shape index (κ3) is 2.76. The highest BCUT2D eigenvalue weighted by atomic mass is 32.1. The zero-order chi connectivity index (χ0) is 17.7. The molecule has 1 saturated heterocycles. The molecule has 1 aliphatic heterocycles. The average Bonchev–Trinajstić information content (AvgIpc) is 3.09. The summed E-state index contributed by atoms with van der Waals surface area (Å²) in [6, 6.07) is 3.99. The standard InChI is InChI=1S/C18H22N4O2S/c1-11-4-6-20(7-5-11)17(23)10-21-18(24)15-9-16-14(8-12(2)25-16)22(15)13(3)19-21/h8-9,11H,4-7,10H2,1-3H3.